The lowest BCUT2D eigenvalue weighted by atomic mass is 9.87. The molecule has 1 atom stereocenters. The zero-order chi connectivity index (χ0) is 17.3. The van der Waals surface area contributed by atoms with Crippen LogP contribution >= 0.6 is 11.6 Å². The lowest BCUT2D eigenvalue weighted by Crippen LogP contribution is -2.51. The van der Waals surface area contributed by atoms with E-state index in [1.54, 1.807) is 37.3 Å². The predicted molar refractivity (Wildman–Crippen MR) is 89.4 cm³/mol. The van der Waals surface area contributed by atoms with Gasteiger partial charge in [-0.1, -0.05) is 36.7 Å². The Bertz CT molecular complexity index is 544. The van der Waals surface area contributed by atoms with Crippen LogP contribution in [0.25, 0.3) is 0 Å². The highest BCUT2D eigenvalue weighted by Crippen LogP contribution is 2.27. The van der Waals surface area contributed by atoms with Gasteiger partial charge in [-0.05, 0) is 30.5 Å². The van der Waals surface area contributed by atoms with Crippen LogP contribution < -0.4 is 5.32 Å². The van der Waals surface area contributed by atoms with Gasteiger partial charge in [-0.3, -0.25) is 4.79 Å². The van der Waals surface area contributed by atoms with E-state index >= 15 is 0 Å². The molecule has 0 heterocycles. The molecule has 0 saturated carbocycles. The molecule has 6 heteroatoms. The van der Waals surface area contributed by atoms with E-state index in [1.807, 2.05) is 0 Å². The Morgan fingerprint density at radius 3 is 2.57 bits per heavy atom. The van der Waals surface area contributed by atoms with Crippen LogP contribution in [0.15, 0.2) is 36.9 Å². The first-order chi connectivity index (χ1) is 11.0. The topological polar surface area (TPSA) is 75.6 Å². The van der Waals surface area contributed by atoms with Gasteiger partial charge in [0.25, 0.3) is 0 Å². The molecule has 0 aliphatic carbocycles. The molecule has 0 fully saturated rings. The Hall–Kier alpha value is -1.85. The fourth-order valence-electron chi connectivity index (χ4n) is 2.23. The maximum atomic E-state index is 12.1. The van der Waals surface area contributed by atoms with Gasteiger partial charge in [-0.25, -0.2) is 4.79 Å². The third-order valence-corrected chi connectivity index (χ3v) is 3.77. The van der Waals surface area contributed by atoms with E-state index in [4.69, 9.17) is 16.3 Å². The molecule has 1 aromatic carbocycles. The second-order valence-electron chi connectivity index (χ2n) is 5.09. The van der Waals surface area contributed by atoms with Gasteiger partial charge in [0.1, 0.15) is 0 Å². The van der Waals surface area contributed by atoms with Crippen LogP contribution in [0.4, 0.5) is 0 Å². The van der Waals surface area contributed by atoms with Gasteiger partial charge in [0.05, 0.1) is 6.61 Å². The zero-order valence-electron chi connectivity index (χ0n) is 13.2. The Balaban J connectivity index is 2.78. The lowest BCUT2D eigenvalue weighted by molar-refractivity contribution is -0.148. The standard InChI is InChI=1S/C17H22ClNO4/c1-3-11-23-12-5-6-15(20)19-17(4-2,16(21)22)13-7-9-14(18)10-8-13/h3,7-10H,1,4-6,11-12H2,2H3,(H,19,20)(H,21,22). The van der Waals surface area contributed by atoms with E-state index in [1.165, 1.54) is 0 Å². The molecule has 126 valence electrons. The Morgan fingerprint density at radius 2 is 2.04 bits per heavy atom. The Kier molecular flexibility index (Phi) is 7.78. The normalized spacial score (nSPS) is 13.1. The number of nitrogens with one attached hydrogen (secondary N) is 1. The number of carboxylic acid groups (broad SMARTS) is 1. The first kappa shape index (κ1) is 19.2. The average molecular weight is 340 g/mol. The van der Waals surface area contributed by atoms with E-state index in [0.717, 1.165) is 0 Å². The molecule has 0 bridgehead atoms. The van der Waals surface area contributed by atoms with Crippen LogP contribution in [-0.4, -0.2) is 30.2 Å². The number of hydrogen-bond donors (Lipinski definition) is 2. The van der Waals surface area contributed by atoms with Crippen LogP contribution in [0, 0.1) is 0 Å². The molecule has 0 spiro atoms. The molecule has 0 saturated heterocycles. The third kappa shape index (κ3) is 5.37. The van der Waals surface area contributed by atoms with Crippen molar-refractivity contribution in [2.24, 2.45) is 0 Å². The first-order valence-corrected chi connectivity index (χ1v) is 7.83. The number of carbonyl (C=O) groups excluding carboxylic acids is 1. The maximum Gasteiger partial charge on any atom is 0.334 e. The molecule has 0 aromatic heterocycles. The highest BCUT2D eigenvalue weighted by atomic mass is 35.5. The number of ether oxygens (including phenoxy) is 1. The van der Waals surface area contributed by atoms with Crippen LogP contribution in [0.3, 0.4) is 0 Å². The number of rotatable bonds is 10. The van der Waals surface area contributed by atoms with Crippen molar-refractivity contribution in [2.75, 3.05) is 13.2 Å². The van der Waals surface area contributed by atoms with E-state index in [2.05, 4.69) is 11.9 Å². The summed E-state index contributed by atoms with van der Waals surface area (Å²) in [5.74, 6) is -1.43. The second kappa shape index (κ2) is 9.33. The summed E-state index contributed by atoms with van der Waals surface area (Å²) in [5.41, 5.74) is -0.961. The molecule has 0 aliphatic rings. The Labute approximate surface area is 141 Å². The molecule has 1 amide bonds. The van der Waals surface area contributed by atoms with Gasteiger partial charge in [0, 0.05) is 18.1 Å². The van der Waals surface area contributed by atoms with Crippen LogP contribution in [0.2, 0.25) is 5.02 Å². The van der Waals surface area contributed by atoms with Gasteiger partial charge in [-0.2, -0.15) is 0 Å². The summed E-state index contributed by atoms with van der Waals surface area (Å²) < 4.78 is 5.21. The molecular formula is C17H22ClNO4. The minimum atomic E-state index is -1.45. The minimum absolute atomic E-state index is 0.194. The SMILES string of the molecule is C=CCOCCCC(=O)NC(CC)(C(=O)O)c1ccc(Cl)cc1. The van der Waals surface area contributed by atoms with Crippen LogP contribution in [0.1, 0.15) is 31.7 Å². The summed E-state index contributed by atoms with van der Waals surface area (Å²) >= 11 is 5.84. The van der Waals surface area contributed by atoms with Gasteiger partial charge < -0.3 is 15.2 Å². The highest BCUT2D eigenvalue weighted by molar-refractivity contribution is 6.30. The lowest BCUT2D eigenvalue weighted by Gasteiger charge is -2.30. The maximum absolute atomic E-state index is 12.1. The number of amides is 1. The molecule has 1 unspecified atom stereocenters. The Morgan fingerprint density at radius 1 is 1.39 bits per heavy atom. The van der Waals surface area contributed by atoms with Gasteiger partial charge >= 0.3 is 5.97 Å². The largest absolute Gasteiger partial charge is 0.479 e. The minimum Gasteiger partial charge on any atom is -0.479 e. The van der Waals surface area contributed by atoms with Crippen LogP contribution in [0.5, 0.6) is 0 Å². The molecule has 0 aliphatic heterocycles. The number of aliphatic carboxylic acids is 1. The third-order valence-electron chi connectivity index (χ3n) is 3.51. The second-order valence-corrected chi connectivity index (χ2v) is 5.52. The molecule has 1 rings (SSSR count). The van der Waals surface area contributed by atoms with Crippen molar-refractivity contribution in [3.8, 4) is 0 Å². The molecule has 1 aromatic rings. The number of carbonyl (C=O) groups is 2. The quantitative estimate of drug-likeness (QED) is 0.507. The van der Waals surface area contributed by atoms with Crippen molar-refractivity contribution < 1.29 is 19.4 Å². The average Bonchev–Trinajstić information content (AvgIpc) is 2.53. The zero-order valence-corrected chi connectivity index (χ0v) is 13.9. The molecule has 5 nitrogen and oxygen atoms in total. The summed E-state index contributed by atoms with van der Waals surface area (Å²) in [7, 11) is 0. The van der Waals surface area contributed by atoms with E-state index in [0.29, 0.717) is 30.2 Å². The monoisotopic (exact) mass is 339 g/mol. The molecular weight excluding hydrogens is 318 g/mol. The van der Waals surface area contributed by atoms with Gasteiger partial charge in [-0.15, -0.1) is 6.58 Å². The summed E-state index contributed by atoms with van der Waals surface area (Å²) in [4.78, 5) is 23.9. The van der Waals surface area contributed by atoms with Crippen molar-refractivity contribution in [1.29, 1.82) is 0 Å². The summed E-state index contributed by atoms with van der Waals surface area (Å²) in [6.45, 7) is 6.11. The smallest absolute Gasteiger partial charge is 0.334 e. The number of benzene rings is 1. The molecule has 23 heavy (non-hydrogen) atoms. The predicted octanol–water partition coefficient (Wildman–Crippen LogP) is 3.13. The number of halogens is 1. The number of hydrogen-bond acceptors (Lipinski definition) is 3. The summed E-state index contributed by atoms with van der Waals surface area (Å²) in [6, 6.07) is 6.46. The van der Waals surface area contributed by atoms with E-state index in [9.17, 15) is 14.7 Å². The van der Waals surface area contributed by atoms with Crippen molar-refractivity contribution >= 4 is 23.5 Å². The summed E-state index contributed by atoms with van der Waals surface area (Å²) in [6.07, 6.45) is 2.56. The van der Waals surface area contributed by atoms with Crippen molar-refractivity contribution in [3.05, 3.63) is 47.5 Å². The van der Waals surface area contributed by atoms with Gasteiger partial charge in [0.15, 0.2) is 5.54 Å². The van der Waals surface area contributed by atoms with Crippen LogP contribution in [-0.2, 0) is 19.9 Å². The molecule has 0 radical (unpaired) electrons. The summed E-state index contributed by atoms with van der Waals surface area (Å²) in [5, 5.41) is 12.8. The van der Waals surface area contributed by atoms with E-state index < -0.39 is 11.5 Å². The molecule has 2 N–H and O–H groups in total. The highest BCUT2D eigenvalue weighted by Gasteiger charge is 2.40. The van der Waals surface area contributed by atoms with Crippen molar-refractivity contribution in [3.63, 3.8) is 0 Å². The van der Waals surface area contributed by atoms with Crippen molar-refractivity contribution in [1.82, 2.24) is 5.32 Å². The number of carboxylic acids is 1. The van der Waals surface area contributed by atoms with Gasteiger partial charge in [0.2, 0.25) is 5.91 Å². The first-order valence-electron chi connectivity index (χ1n) is 7.45. The van der Waals surface area contributed by atoms with Crippen molar-refractivity contribution in [2.45, 2.75) is 31.7 Å². The van der Waals surface area contributed by atoms with E-state index in [-0.39, 0.29) is 18.7 Å². The fourth-order valence-corrected chi connectivity index (χ4v) is 2.36. The fraction of sp³-hybridized carbons (Fsp3) is 0.412.